The van der Waals surface area contributed by atoms with E-state index < -0.39 is 0 Å². The van der Waals surface area contributed by atoms with Crippen LogP contribution in [0, 0.1) is 0 Å². The molecule has 0 aliphatic carbocycles. The van der Waals surface area contributed by atoms with Crippen LogP contribution in [0.5, 0.6) is 0 Å². The molecule has 42 valence electrons. The van der Waals surface area contributed by atoms with Gasteiger partial charge in [0.25, 0.3) is 0 Å². The van der Waals surface area contributed by atoms with Crippen LogP contribution in [0.1, 0.15) is 6.92 Å². The van der Waals surface area contributed by atoms with E-state index in [1.165, 1.54) is 14.0 Å². The molecule has 0 bridgehead atoms. The van der Waals surface area contributed by atoms with Crippen molar-refractivity contribution in [2.24, 2.45) is 0 Å². The molecule has 3 heteroatoms. The molecular formula is C4H8O3. The largest absolute Gasteiger partial charge is 0.469 e. The van der Waals surface area contributed by atoms with Crippen molar-refractivity contribution in [3.63, 3.8) is 0 Å². The molecule has 0 amide bonds. The van der Waals surface area contributed by atoms with Crippen molar-refractivity contribution >= 4 is 12.8 Å². The van der Waals surface area contributed by atoms with Gasteiger partial charge in [-0.1, -0.05) is 0 Å². The van der Waals surface area contributed by atoms with Crippen molar-refractivity contribution in [1.29, 1.82) is 0 Å². The quantitative estimate of drug-likeness (QED) is 0.406. The lowest BCUT2D eigenvalue weighted by molar-refractivity contribution is -0.137. The second-order valence-electron chi connectivity index (χ2n) is 0.696. The van der Waals surface area contributed by atoms with Crippen LogP contribution in [0.3, 0.4) is 0 Å². The second kappa shape index (κ2) is 8.94. The van der Waals surface area contributed by atoms with E-state index in [2.05, 4.69) is 4.74 Å². The number of esters is 1. The zero-order chi connectivity index (χ0) is 6.28. The normalized spacial score (nSPS) is 5.43. The summed E-state index contributed by atoms with van der Waals surface area (Å²) in [4.78, 5) is 17.6. The molecule has 0 saturated carbocycles. The molecule has 0 aromatic heterocycles. The molecule has 0 atom stereocenters. The molecule has 0 radical (unpaired) electrons. The van der Waals surface area contributed by atoms with Gasteiger partial charge >= 0.3 is 5.97 Å². The molecule has 0 rings (SSSR count). The smallest absolute Gasteiger partial charge is 0.302 e. The topological polar surface area (TPSA) is 43.4 Å². The maximum Gasteiger partial charge on any atom is 0.302 e. The van der Waals surface area contributed by atoms with Gasteiger partial charge in [0.2, 0.25) is 0 Å². The molecule has 0 aromatic carbocycles. The van der Waals surface area contributed by atoms with Crippen LogP contribution in [-0.4, -0.2) is 19.9 Å². The fraction of sp³-hybridized carbons (Fsp3) is 0.500. The van der Waals surface area contributed by atoms with Crippen LogP contribution in [0.25, 0.3) is 0 Å². The van der Waals surface area contributed by atoms with Gasteiger partial charge in [-0.3, -0.25) is 4.79 Å². The lowest BCUT2D eigenvalue weighted by Gasteiger charge is -1.80. The highest BCUT2D eigenvalue weighted by molar-refractivity contribution is 5.65. The minimum absolute atomic E-state index is 0.245. The molecule has 0 aliphatic heterocycles. The highest BCUT2D eigenvalue weighted by atomic mass is 16.5. The van der Waals surface area contributed by atoms with Crippen LogP contribution < -0.4 is 0 Å². The summed E-state index contributed by atoms with van der Waals surface area (Å²) >= 11 is 0. The third kappa shape index (κ3) is 39.0. The Kier molecular flexibility index (Phi) is 12.1. The average Bonchev–Trinajstić information content (AvgIpc) is 1.73. The Balaban J connectivity index is 0. The molecule has 0 spiro atoms. The van der Waals surface area contributed by atoms with E-state index in [9.17, 15) is 4.79 Å². The van der Waals surface area contributed by atoms with Gasteiger partial charge in [-0.2, -0.15) is 0 Å². The fourth-order valence-electron chi connectivity index (χ4n) is 0. The number of hydrogen-bond donors (Lipinski definition) is 0. The summed E-state index contributed by atoms with van der Waals surface area (Å²) < 4.78 is 4.11. The lowest BCUT2D eigenvalue weighted by atomic mass is 10.8. The van der Waals surface area contributed by atoms with Gasteiger partial charge in [-0.25, -0.2) is 0 Å². The average molecular weight is 104 g/mol. The summed E-state index contributed by atoms with van der Waals surface area (Å²) in [6.45, 7) is 3.36. The van der Waals surface area contributed by atoms with E-state index in [1.807, 2.05) is 6.79 Å². The Hall–Kier alpha value is -0.860. The van der Waals surface area contributed by atoms with E-state index in [1.54, 1.807) is 0 Å². The van der Waals surface area contributed by atoms with Gasteiger partial charge < -0.3 is 9.53 Å². The molecule has 7 heavy (non-hydrogen) atoms. The minimum atomic E-state index is -0.245. The first-order chi connectivity index (χ1) is 3.27. The van der Waals surface area contributed by atoms with Crippen LogP contribution in [0.15, 0.2) is 0 Å². The Morgan fingerprint density at radius 1 is 1.57 bits per heavy atom. The van der Waals surface area contributed by atoms with Gasteiger partial charge in [-0.15, -0.1) is 0 Å². The molecule has 3 nitrogen and oxygen atoms in total. The molecule has 0 unspecified atom stereocenters. The SMILES string of the molecule is C=O.COC(C)=O. The first kappa shape index (κ1) is 9.46. The second-order valence-corrected chi connectivity index (χ2v) is 0.696. The Bertz CT molecular complexity index is 50.9. The van der Waals surface area contributed by atoms with Gasteiger partial charge in [0.05, 0.1) is 7.11 Å². The number of rotatable bonds is 0. The maximum absolute atomic E-state index is 9.59. The van der Waals surface area contributed by atoms with Crippen molar-refractivity contribution in [3.8, 4) is 0 Å². The van der Waals surface area contributed by atoms with E-state index in [4.69, 9.17) is 4.79 Å². The number of methoxy groups -OCH3 is 1. The van der Waals surface area contributed by atoms with E-state index in [0.717, 1.165) is 0 Å². The number of ether oxygens (including phenoxy) is 1. The predicted molar refractivity (Wildman–Crippen MR) is 24.8 cm³/mol. The van der Waals surface area contributed by atoms with Crippen molar-refractivity contribution in [2.45, 2.75) is 6.92 Å². The highest BCUT2D eigenvalue weighted by Gasteiger charge is 1.75. The zero-order valence-corrected chi connectivity index (χ0v) is 4.43. The fourth-order valence-corrected chi connectivity index (χ4v) is 0. The van der Waals surface area contributed by atoms with E-state index in [-0.39, 0.29) is 5.97 Å². The molecule has 0 aromatic rings. The summed E-state index contributed by atoms with van der Waals surface area (Å²) in [7, 11) is 1.35. The first-order valence-electron chi connectivity index (χ1n) is 1.61. The number of hydrogen-bond acceptors (Lipinski definition) is 3. The molecule has 0 N–H and O–H groups in total. The number of carbonyl (C=O) groups excluding carboxylic acids is 2. The standard InChI is InChI=1S/C3H6O2.CH2O/c1-3(4)5-2;1-2/h1-2H3;1H2. The zero-order valence-electron chi connectivity index (χ0n) is 4.43. The Labute approximate surface area is 42.3 Å². The maximum atomic E-state index is 9.59. The number of carbonyl (C=O) groups is 2. The first-order valence-corrected chi connectivity index (χ1v) is 1.61. The predicted octanol–water partition coefficient (Wildman–Crippen LogP) is -0.00560. The molecule has 0 aliphatic rings. The molecular weight excluding hydrogens is 96.0 g/mol. The minimum Gasteiger partial charge on any atom is -0.469 e. The van der Waals surface area contributed by atoms with E-state index in [0.29, 0.717) is 0 Å². The van der Waals surface area contributed by atoms with Gasteiger partial charge in [0.15, 0.2) is 0 Å². The van der Waals surface area contributed by atoms with Gasteiger partial charge in [-0.05, 0) is 0 Å². The summed E-state index contributed by atoms with van der Waals surface area (Å²) in [6, 6.07) is 0. The van der Waals surface area contributed by atoms with Gasteiger partial charge in [0, 0.05) is 6.92 Å². The van der Waals surface area contributed by atoms with Crippen molar-refractivity contribution in [1.82, 2.24) is 0 Å². The van der Waals surface area contributed by atoms with Crippen LogP contribution in [0.2, 0.25) is 0 Å². The third-order valence-electron chi connectivity index (χ3n) is 0.287. The summed E-state index contributed by atoms with van der Waals surface area (Å²) in [5, 5.41) is 0. The molecule has 0 fully saturated rings. The van der Waals surface area contributed by atoms with Crippen LogP contribution >= 0.6 is 0 Å². The van der Waals surface area contributed by atoms with Crippen molar-refractivity contribution in [3.05, 3.63) is 0 Å². The molecule has 0 saturated heterocycles. The Morgan fingerprint density at radius 2 is 1.71 bits per heavy atom. The summed E-state index contributed by atoms with van der Waals surface area (Å²) in [6.07, 6.45) is 0. The third-order valence-corrected chi connectivity index (χ3v) is 0.287. The monoisotopic (exact) mass is 104 g/mol. The lowest BCUT2D eigenvalue weighted by Crippen LogP contribution is -1.88. The van der Waals surface area contributed by atoms with Gasteiger partial charge in [0.1, 0.15) is 6.79 Å². The van der Waals surface area contributed by atoms with Crippen LogP contribution in [-0.2, 0) is 14.3 Å². The summed E-state index contributed by atoms with van der Waals surface area (Å²) in [5.41, 5.74) is 0. The van der Waals surface area contributed by atoms with E-state index >= 15 is 0 Å². The van der Waals surface area contributed by atoms with Crippen molar-refractivity contribution < 1.29 is 14.3 Å². The van der Waals surface area contributed by atoms with Crippen LogP contribution in [0.4, 0.5) is 0 Å². The summed E-state index contributed by atoms with van der Waals surface area (Å²) in [5.74, 6) is -0.245. The highest BCUT2D eigenvalue weighted by Crippen LogP contribution is 1.60. The Morgan fingerprint density at radius 3 is 1.71 bits per heavy atom. The molecule has 0 heterocycles. The van der Waals surface area contributed by atoms with Crippen molar-refractivity contribution in [2.75, 3.05) is 7.11 Å².